The fourth-order valence-electron chi connectivity index (χ4n) is 3.08. The molecule has 0 spiro atoms. The molecule has 140 valence electrons. The van der Waals surface area contributed by atoms with Gasteiger partial charge in [-0.05, 0) is 24.5 Å². The second-order valence-electron chi connectivity index (χ2n) is 6.33. The van der Waals surface area contributed by atoms with E-state index in [4.69, 9.17) is 14.0 Å². The molecule has 26 heavy (non-hydrogen) atoms. The number of hydrogen-bond donors (Lipinski definition) is 0. The summed E-state index contributed by atoms with van der Waals surface area (Å²) in [5.74, 6) is 1.59. The Bertz CT molecular complexity index is 716. The summed E-state index contributed by atoms with van der Waals surface area (Å²) in [5.41, 5.74) is 0.889. The van der Waals surface area contributed by atoms with Gasteiger partial charge in [0.05, 0.1) is 19.8 Å². The number of pyridine rings is 1. The number of aromatic nitrogens is 3. The Hall–Kier alpha value is -2.48. The summed E-state index contributed by atoms with van der Waals surface area (Å²) < 4.78 is 15.7. The van der Waals surface area contributed by atoms with E-state index in [9.17, 15) is 4.79 Å². The van der Waals surface area contributed by atoms with Crippen LogP contribution < -0.4 is 4.74 Å². The van der Waals surface area contributed by atoms with Crippen LogP contribution in [0.5, 0.6) is 5.88 Å². The SMILES string of the molecule is COc1ccc(COCC(=O)N2CCCCCC2c2noc(C)n2)cn1. The van der Waals surface area contributed by atoms with Gasteiger partial charge in [-0.3, -0.25) is 4.79 Å². The molecule has 1 saturated heterocycles. The van der Waals surface area contributed by atoms with Crippen molar-refractivity contribution in [2.45, 2.75) is 45.3 Å². The summed E-state index contributed by atoms with van der Waals surface area (Å²) in [7, 11) is 1.57. The molecule has 1 aliphatic heterocycles. The number of aryl methyl sites for hydroxylation is 1. The third-order valence-electron chi connectivity index (χ3n) is 4.42. The van der Waals surface area contributed by atoms with Crippen LogP contribution in [-0.2, 0) is 16.1 Å². The Morgan fingerprint density at radius 3 is 2.92 bits per heavy atom. The number of amides is 1. The molecule has 0 bridgehead atoms. The maximum Gasteiger partial charge on any atom is 0.249 e. The van der Waals surface area contributed by atoms with E-state index in [1.807, 2.05) is 11.0 Å². The zero-order valence-corrected chi connectivity index (χ0v) is 15.2. The Labute approximate surface area is 152 Å². The Morgan fingerprint density at radius 2 is 2.23 bits per heavy atom. The lowest BCUT2D eigenvalue weighted by molar-refractivity contribution is -0.139. The number of ether oxygens (including phenoxy) is 2. The lowest BCUT2D eigenvalue weighted by atomic mass is 10.1. The number of hydrogen-bond acceptors (Lipinski definition) is 7. The van der Waals surface area contributed by atoms with Crippen LogP contribution in [0.15, 0.2) is 22.9 Å². The molecule has 1 fully saturated rings. The highest BCUT2D eigenvalue weighted by atomic mass is 16.5. The van der Waals surface area contributed by atoms with Crippen molar-refractivity contribution < 1.29 is 18.8 Å². The lowest BCUT2D eigenvalue weighted by Crippen LogP contribution is -2.37. The van der Waals surface area contributed by atoms with E-state index in [0.717, 1.165) is 31.2 Å². The van der Waals surface area contributed by atoms with Crippen molar-refractivity contribution in [3.05, 3.63) is 35.6 Å². The molecule has 1 amide bonds. The minimum absolute atomic E-state index is 0.0133. The Kier molecular flexibility index (Phi) is 6.17. The van der Waals surface area contributed by atoms with Gasteiger partial charge in [-0.25, -0.2) is 4.98 Å². The fourth-order valence-corrected chi connectivity index (χ4v) is 3.08. The summed E-state index contributed by atoms with van der Waals surface area (Å²) >= 11 is 0. The third kappa shape index (κ3) is 4.57. The predicted octanol–water partition coefficient (Wildman–Crippen LogP) is 2.44. The number of carbonyl (C=O) groups is 1. The smallest absolute Gasteiger partial charge is 0.249 e. The van der Waals surface area contributed by atoms with Gasteiger partial charge in [0, 0.05) is 25.7 Å². The molecule has 0 N–H and O–H groups in total. The van der Waals surface area contributed by atoms with E-state index in [2.05, 4.69) is 15.1 Å². The Balaban J connectivity index is 1.58. The highest BCUT2D eigenvalue weighted by molar-refractivity contribution is 5.77. The van der Waals surface area contributed by atoms with Gasteiger partial charge < -0.3 is 18.9 Å². The van der Waals surface area contributed by atoms with Crippen LogP contribution in [0.1, 0.15) is 49.0 Å². The minimum atomic E-state index is -0.145. The summed E-state index contributed by atoms with van der Waals surface area (Å²) in [6.45, 7) is 2.78. The van der Waals surface area contributed by atoms with E-state index < -0.39 is 0 Å². The molecule has 3 rings (SSSR count). The second kappa shape index (κ2) is 8.75. The summed E-state index contributed by atoms with van der Waals surface area (Å²) in [6.07, 6.45) is 5.63. The van der Waals surface area contributed by atoms with E-state index >= 15 is 0 Å². The standard InChI is InChI=1S/C18H24N4O4/c1-13-20-18(21-26-13)15-6-4-3-5-9-22(15)17(23)12-25-11-14-7-8-16(24-2)19-10-14/h7-8,10,15H,3-6,9,11-12H2,1-2H3. The average Bonchev–Trinajstić information content (AvgIpc) is 2.93. The molecule has 2 aromatic rings. The van der Waals surface area contributed by atoms with Crippen LogP contribution in [0.25, 0.3) is 0 Å². The van der Waals surface area contributed by atoms with Crippen molar-refractivity contribution in [2.24, 2.45) is 0 Å². The normalized spacial score (nSPS) is 17.8. The second-order valence-corrected chi connectivity index (χ2v) is 6.33. The molecule has 1 atom stereocenters. The molecule has 0 aliphatic carbocycles. The van der Waals surface area contributed by atoms with Crippen molar-refractivity contribution in [3.63, 3.8) is 0 Å². The van der Waals surface area contributed by atoms with Crippen molar-refractivity contribution in [1.29, 1.82) is 0 Å². The molecule has 1 aliphatic rings. The first-order valence-electron chi connectivity index (χ1n) is 8.83. The quantitative estimate of drug-likeness (QED) is 0.781. The molecular formula is C18H24N4O4. The fraction of sp³-hybridized carbons (Fsp3) is 0.556. The van der Waals surface area contributed by atoms with Crippen molar-refractivity contribution in [2.75, 3.05) is 20.3 Å². The molecule has 8 nitrogen and oxygen atoms in total. The van der Waals surface area contributed by atoms with Crippen LogP contribution in [-0.4, -0.2) is 46.2 Å². The average molecular weight is 360 g/mol. The Morgan fingerprint density at radius 1 is 1.35 bits per heavy atom. The van der Waals surface area contributed by atoms with Crippen LogP contribution in [0.3, 0.4) is 0 Å². The molecule has 0 aromatic carbocycles. The van der Waals surface area contributed by atoms with Crippen LogP contribution in [0, 0.1) is 6.92 Å². The van der Waals surface area contributed by atoms with Crippen molar-refractivity contribution in [1.82, 2.24) is 20.0 Å². The topological polar surface area (TPSA) is 90.6 Å². The molecule has 3 heterocycles. The maximum absolute atomic E-state index is 12.7. The van der Waals surface area contributed by atoms with Gasteiger partial charge >= 0.3 is 0 Å². The van der Waals surface area contributed by atoms with Gasteiger partial charge in [-0.15, -0.1) is 0 Å². The molecule has 8 heteroatoms. The summed E-state index contributed by atoms with van der Waals surface area (Å²) in [4.78, 5) is 23.0. The van der Waals surface area contributed by atoms with E-state index in [1.54, 1.807) is 26.3 Å². The van der Waals surface area contributed by atoms with E-state index in [0.29, 0.717) is 30.7 Å². The summed E-state index contributed by atoms with van der Waals surface area (Å²) in [6, 6.07) is 3.49. The van der Waals surface area contributed by atoms with Gasteiger partial charge in [-0.1, -0.05) is 18.0 Å². The van der Waals surface area contributed by atoms with Gasteiger partial charge in [0.1, 0.15) is 6.61 Å². The third-order valence-corrected chi connectivity index (χ3v) is 4.42. The predicted molar refractivity (Wildman–Crippen MR) is 92.4 cm³/mol. The zero-order valence-electron chi connectivity index (χ0n) is 15.2. The van der Waals surface area contributed by atoms with Gasteiger partial charge in [0.2, 0.25) is 17.7 Å². The number of methoxy groups -OCH3 is 1. The number of carbonyl (C=O) groups excluding carboxylic acids is 1. The van der Waals surface area contributed by atoms with Crippen LogP contribution in [0.2, 0.25) is 0 Å². The van der Waals surface area contributed by atoms with Crippen molar-refractivity contribution in [3.8, 4) is 5.88 Å². The minimum Gasteiger partial charge on any atom is -0.481 e. The largest absolute Gasteiger partial charge is 0.481 e. The molecule has 1 unspecified atom stereocenters. The number of likely N-dealkylation sites (tertiary alicyclic amines) is 1. The van der Waals surface area contributed by atoms with Gasteiger partial charge in [0.25, 0.3) is 0 Å². The zero-order chi connectivity index (χ0) is 18.4. The molecule has 2 aromatic heterocycles. The van der Waals surface area contributed by atoms with Crippen LogP contribution >= 0.6 is 0 Å². The van der Waals surface area contributed by atoms with E-state index in [-0.39, 0.29) is 18.6 Å². The summed E-state index contributed by atoms with van der Waals surface area (Å²) in [5, 5.41) is 4.02. The highest BCUT2D eigenvalue weighted by Gasteiger charge is 2.30. The lowest BCUT2D eigenvalue weighted by Gasteiger charge is -2.27. The monoisotopic (exact) mass is 360 g/mol. The molecule has 0 saturated carbocycles. The van der Waals surface area contributed by atoms with Gasteiger partial charge in [0.15, 0.2) is 5.82 Å². The first-order valence-corrected chi connectivity index (χ1v) is 8.83. The first kappa shape index (κ1) is 18.3. The number of rotatable bonds is 6. The van der Waals surface area contributed by atoms with Crippen LogP contribution in [0.4, 0.5) is 0 Å². The van der Waals surface area contributed by atoms with Crippen molar-refractivity contribution >= 4 is 5.91 Å². The maximum atomic E-state index is 12.7. The number of nitrogens with zero attached hydrogens (tertiary/aromatic N) is 4. The van der Waals surface area contributed by atoms with E-state index in [1.165, 1.54) is 0 Å². The first-order chi connectivity index (χ1) is 12.7. The molecule has 0 radical (unpaired) electrons. The molecular weight excluding hydrogens is 336 g/mol. The highest BCUT2D eigenvalue weighted by Crippen LogP contribution is 2.28. The van der Waals surface area contributed by atoms with Gasteiger partial charge in [-0.2, -0.15) is 4.98 Å².